The topological polar surface area (TPSA) is 46.2 Å². The summed E-state index contributed by atoms with van der Waals surface area (Å²) in [6, 6.07) is 0. The van der Waals surface area contributed by atoms with Gasteiger partial charge in [-0.2, -0.15) is 0 Å². The normalized spacial score (nSPS) is 23.9. The van der Waals surface area contributed by atoms with E-state index in [1.165, 1.54) is 18.2 Å². The summed E-state index contributed by atoms with van der Waals surface area (Å²) in [6.45, 7) is 1.88. The van der Waals surface area contributed by atoms with Crippen molar-refractivity contribution < 1.29 is 9.59 Å². The molecule has 1 aliphatic heterocycles. The van der Waals surface area contributed by atoms with Gasteiger partial charge < -0.3 is 5.32 Å². The quantitative estimate of drug-likeness (QED) is 0.618. The standard InChI is InChI=1S/C11H13NO2/c13-9-1-2-11(14)10(7-9)8-3-5-12-6-4-8/h1-2,7-8,12H,3-6H2. The van der Waals surface area contributed by atoms with Crippen LogP contribution in [0.5, 0.6) is 0 Å². The summed E-state index contributed by atoms with van der Waals surface area (Å²) in [5.41, 5.74) is 0.707. The molecular weight excluding hydrogens is 178 g/mol. The minimum absolute atomic E-state index is 0.0106. The highest BCUT2D eigenvalue weighted by Gasteiger charge is 2.23. The molecule has 3 heteroatoms. The molecule has 0 bridgehead atoms. The van der Waals surface area contributed by atoms with Gasteiger partial charge >= 0.3 is 0 Å². The molecular formula is C11H13NO2. The maximum absolute atomic E-state index is 11.5. The molecule has 2 rings (SSSR count). The van der Waals surface area contributed by atoms with E-state index >= 15 is 0 Å². The minimum Gasteiger partial charge on any atom is -0.317 e. The van der Waals surface area contributed by atoms with Crippen molar-refractivity contribution in [1.82, 2.24) is 5.32 Å². The van der Waals surface area contributed by atoms with E-state index in [1.807, 2.05) is 0 Å². The Balaban J connectivity index is 2.15. The molecule has 0 saturated carbocycles. The molecule has 1 N–H and O–H groups in total. The van der Waals surface area contributed by atoms with Crippen LogP contribution in [0.4, 0.5) is 0 Å². The van der Waals surface area contributed by atoms with Gasteiger partial charge in [0.1, 0.15) is 0 Å². The molecule has 0 atom stereocenters. The fourth-order valence-electron chi connectivity index (χ4n) is 1.98. The lowest BCUT2D eigenvalue weighted by Gasteiger charge is -2.24. The van der Waals surface area contributed by atoms with E-state index in [9.17, 15) is 9.59 Å². The first-order chi connectivity index (χ1) is 6.77. The Hall–Kier alpha value is -1.22. The lowest BCUT2D eigenvalue weighted by molar-refractivity contribution is -0.115. The van der Waals surface area contributed by atoms with Crippen LogP contribution in [-0.4, -0.2) is 24.7 Å². The Morgan fingerprint density at radius 3 is 2.57 bits per heavy atom. The summed E-state index contributed by atoms with van der Waals surface area (Å²) in [7, 11) is 0. The largest absolute Gasteiger partial charge is 0.317 e. The Labute approximate surface area is 82.9 Å². The summed E-state index contributed by atoms with van der Waals surface area (Å²) < 4.78 is 0. The lowest BCUT2D eigenvalue weighted by atomic mass is 9.85. The molecule has 74 valence electrons. The molecule has 1 fully saturated rings. The Kier molecular flexibility index (Phi) is 2.59. The second kappa shape index (κ2) is 3.88. The third kappa shape index (κ3) is 1.82. The molecule has 0 amide bonds. The van der Waals surface area contributed by atoms with Gasteiger partial charge in [0.25, 0.3) is 0 Å². The van der Waals surface area contributed by atoms with Crippen LogP contribution in [0.3, 0.4) is 0 Å². The van der Waals surface area contributed by atoms with Crippen molar-refractivity contribution in [1.29, 1.82) is 0 Å². The van der Waals surface area contributed by atoms with E-state index in [-0.39, 0.29) is 17.5 Å². The second-order valence-corrected chi connectivity index (χ2v) is 3.72. The Bertz CT molecular complexity index is 322. The monoisotopic (exact) mass is 191 g/mol. The zero-order valence-electron chi connectivity index (χ0n) is 7.95. The van der Waals surface area contributed by atoms with Gasteiger partial charge in [0, 0.05) is 5.57 Å². The first kappa shape index (κ1) is 9.34. The van der Waals surface area contributed by atoms with Crippen molar-refractivity contribution in [2.45, 2.75) is 12.8 Å². The van der Waals surface area contributed by atoms with Crippen LogP contribution < -0.4 is 5.32 Å². The maximum Gasteiger partial charge on any atom is 0.182 e. The first-order valence-corrected chi connectivity index (χ1v) is 4.96. The van der Waals surface area contributed by atoms with E-state index < -0.39 is 0 Å². The van der Waals surface area contributed by atoms with Crippen LogP contribution in [0, 0.1) is 5.92 Å². The van der Waals surface area contributed by atoms with Gasteiger partial charge in [-0.1, -0.05) is 0 Å². The average molecular weight is 191 g/mol. The van der Waals surface area contributed by atoms with Crippen LogP contribution in [0.2, 0.25) is 0 Å². The number of rotatable bonds is 1. The number of hydrogen-bond acceptors (Lipinski definition) is 3. The zero-order valence-corrected chi connectivity index (χ0v) is 7.95. The zero-order chi connectivity index (χ0) is 9.97. The summed E-state index contributed by atoms with van der Waals surface area (Å²) in [5, 5.41) is 3.24. The van der Waals surface area contributed by atoms with E-state index in [1.54, 1.807) is 0 Å². The third-order valence-electron chi connectivity index (χ3n) is 2.76. The highest BCUT2D eigenvalue weighted by Crippen LogP contribution is 2.24. The minimum atomic E-state index is -0.0573. The van der Waals surface area contributed by atoms with Crippen molar-refractivity contribution in [2.75, 3.05) is 13.1 Å². The number of carbonyl (C=O) groups is 2. The summed E-state index contributed by atoms with van der Waals surface area (Å²) >= 11 is 0. The highest BCUT2D eigenvalue weighted by atomic mass is 16.1. The third-order valence-corrected chi connectivity index (χ3v) is 2.76. The van der Waals surface area contributed by atoms with E-state index in [4.69, 9.17) is 0 Å². The number of ketones is 2. The molecule has 2 aliphatic rings. The van der Waals surface area contributed by atoms with Gasteiger partial charge in [-0.25, -0.2) is 0 Å². The Morgan fingerprint density at radius 1 is 1.14 bits per heavy atom. The predicted octanol–water partition coefficient (Wildman–Crippen LogP) is 0.620. The molecule has 0 spiro atoms. The number of nitrogens with one attached hydrogen (secondary N) is 1. The van der Waals surface area contributed by atoms with Crippen LogP contribution >= 0.6 is 0 Å². The van der Waals surface area contributed by atoms with Crippen molar-refractivity contribution in [2.24, 2.45) is 5.92 Å². The van der Waals surface area contributed by atoms with E-state index in [0.717, 1.165) is 25.9 Å². The molecule has 0 unspecified atom stereocenters. The van der Waals surface area contributed by atoms with Crippen LogP contribution in [0.25, 0.3) is 0 Å². The molecule has 0 aromatic heterocycles. The molecule has 0 aromatic carbocycles. The molecule has 14 heavy (non-hydrogen) atoms. The van der Waals surface area contributed by atoms with Gasteiger partial charge in [0.15, 0.2) is 11.6 Å². The highest BCUT2D eigenvalue weighted by molar-refractivity contribution is 6.17. The maximum atomic E-state index is 11.5. The van der Waals surface area contributed by atoms with Gasteiger partial charge in [0.05, 0.1) is 0 Å². The molecule has 1 heterocycles. The number of hydrogen-bond donors (Lipinski definition) is 1. The molecule has 0 radical (unpaired) electrons. The molecule has 1 saturated heterocycles. The SMILES string of the molecule is O=C1C=CC(=O)C(C2CCNCC2)=C1. The number of piperidine rings is 1. The Morgan fingerprint density at radius 2 is 1.86 bits per heavy atom. The summed E-state index contributed by atoms with van der Waals surface area (Å²) in [4.78, 5) is 22.6. The molecule has 3 nitrogen and oxygen atoms in total. The van der Waals surface area contributed by atoms with Crippen LogP contribution in [0.15, 0.2) is 23.8 Å². The van der Waals surface area contributed by atoms with Crippen molar-refractivity contribution in [3.63, 3.8) is 0 Å². The van der Waals surface area contributed by atoms with E-state index in [0.29, 0.717) is 5.57 Å². The lowest BCUT2D eigenvalue weighted by Crippen LogP contribution is -2.30. The van der Waals surface area contributed by atoms with Gasteiger partial charge in [-0.05, 0) is 50.1 Å². The van der Waals surface area contributed by atoms with Crippen molar-refractivity contribution in [3.8, 4) is 0 Å². The van der Waals surface area contributed by atoms with Gasteiger partial charge in [0.2, 0.25) is 0 Å². The van der Waals surface area contributed by atoms with Crippen molar-refractivity contribution in [3.05, 3.63) is 23.8 Å². The summed E-state index contributed by atoms with van der Waals surface area (Å²) in [5.74, 6) is 0.229. The fraction of sp³-hybridized carbons (Fsp3) is 0.455. The van der Waals surface area contributed by atoms with Crippen molar-refractivity contribution >= 4 is 11.6 Å². The van der Waals surface area contributed by atoms with Crippen LogP contribution in [0.1, 0.15) is 12.8 Å². The molecule has 0 aromatic rings. The van der Waals surface area contributed by atoms with Gasteiger partial charge in [-0.3, -0.25) is 9.59 Å². The fourth-order valence-corrected chi connectivity index (χ4v) is 1.98. The van der Waals surface area contributed by atoms with Gasteiger partial charge in [-0.15, -0.1) is 0 Å². The number of allylic oxidation sites excluding steroid dienone is 4. The smallest absolute Gasteiger partial charge is 0.182 e. The second-order valence-electron chi connectivity index (χ2n) is 3.72. The predicted molar refractivity (Wildman–Crippen MR) is 52.8 cm³/mol. The average Bonchev–Trinajstić information content (AvgIpc) is 2.23. The van der Waals surface area contributed by atoms with E-state index in [2.05, 4.69) is 5.32 Å². The first-order valence-electron chi connectivity index (χ1n) is 4.96. The summed E-state index contributed by atoms with van der Waals surface area (Å²) in [6.07, 6.45) is 6.14. The van der Waals surface area contributed by atoms with Crippen LogP contribution in [-0.2, 0) is 9.59 Å². The molecule has 1 aliphatic carbocycles. The number of carbonyl (C=O) groups excluding carboxylic acids is 2.